The van der Waals surface area contributed by atoms with Gasteiger partial charge in [0.25, 0.3) is 0 Å². The van der Waals surface area contributed by atoms with Crippen molar-refractivity contribution in [2.45, 2.75) is 11.9 Å². The fourth-order valence-corrected chi connectivity index (χ4v) is 2.75. The number of hydrogen-bond donors (Lipinski definition) is 2. The van der Waals surface area contributed by atoms with E-state index in [2.05, 4.69) is 15.9 Å². The molecule has 0 bridgehead atoms. The highest BCUT2D eigenvalue weighted by Gasteiger charge is 2.06. The van der Waals surface area contributed by atoms with Crippen molar-refractivity contribution in [2.24, 2.45) is 0 Å². The minimum absolute atomic E-state index is 0.0593. The van der Waals surface area contributed by atoms with Crippen molar-refractivity contribution in [3.8, 4) is 5.75 Å². The van der Waals surface area contributed by atoms with Gasteiger partial charge >= 0.3 is 0 Å². The van der Waals surface area contributed by atoms with Gasteiger partial charge in [0.1, 0.15) is 5.75 Å². The molecule has 0 radical (unpaired) electrons. The van der Waals surface area contributed by atoms with E-state index < -0.39 is 0 Å². The van der Waals surface area contributed by atoms with Crippen LogP contribution in [0.2, 0.25) is 0 Å². The molecule has 1 heterocycles. The molecule has 2 nitrogen and oxygen atoms in total. The maximum absolute atomic E-state index is 9.60. The summed E-state index contributed by atoms with van der Waals surface area (Å²) in [6, 6.07) is 5.64. The minimum Gasteiger partial charge on any atom is -0.508 e. The maximum Gasteiger partial charge on any atom is 0.121 e. The molecule has 0 amide bonds. The van der Waals surface area contributed by atoms with E-state index >= 15 is 0 Å². The van der Waals surface area contributed by atoms with Gasteiger partial charge in [-0.3, -0.25) is 0 Å². The molecule has 0 saturated heterocycles. The molecule has 2 rings (SSSR count). The van der Waals surface area contributed by atoms with Crippen LogP contribution in [0.3, 0.4) is 0 Å². The number of phenolic OH excluding ortho intramolecular Hbond substituents is 1. The van der Waals surface area contributed by atoms with Gasteiger partial charge in [-0.05, 0) is 23.6 Å². The van der Waals surface area contributed by atoms with Crippen molar-refractivity contribution in [3.05, 3.63) is 28.6 Å². The zero-order valence-electron chi connectivity index (χ0n) is 7.33. The fourth-order valence-electron chi connectivity index (χ4n) is 1.36. The summed E-state index contributed by atoms with van der Waals surface area (Å²) in [7, 11) is 0. The molecule has 0 fully saturated rings. The number of alkyl halides is 1. The molecule has 2 aromatic rings. The lowest BCUT2D eigenvalue weighted by molar-refractivity contribution is 0.285. The van der Waals surface area contributed by atoms with Crippen LogP contribution >= 0.6 is 27.3 Å². The first-order valence-electron chi connectivity index (χ1n) is 4.15. The first-order valence-corrected chi connectivity index (χ1v) is 6.09. The fraction of sp³-hybridized carbons (Fsp3) is 0.200. The second-order valence-electron chi connectivity index (χ2n) is 3.02. The predicted octanol–water partition coefficient (Wildman–Crippen LogP) is 2.99. The number of phenols is 1. The number of aliphatic hydroxyl groups excluding tert-OH is 1. The van der Waals surface area contributed by atoms with Crippen LogP contribution in [0.5, 0.6) is 5.75 Å². The highest BCUT2D eigenvalue weighted by molar-refractivity contribution is 9.08. The number of fused-ring (bicyclic) bond motifs is 1. The smallest absolute Gasteiger partial charge is 0.121 e. The van der Waals surface area contributed by atoms with Gasteiger partial charge in [0, 0.05) is 20.5 Å². The zero-order valence-corrected chi connectivity index (χ0v) is 9.73. The average Bonchev–Trinajstić information content (AvgIpc) is 2.58. The third-order valence-corrected chi connectivity index (χ3v) is 3.76. The quantitative estimate of drug-likeness (QED) is 0.826. The zero-order chi connectivity index (χ0) is 10.1. The Balaban J connectivity index is 2.64. The van der Waals surface area contributed by atoms with Crippen molar-refractivity contribution in [2.75, 3.05) is 0 Å². The summed E-state index contributed by atoms with van der Waals surface area (Å²) in [6.45, 7) is 0.0593. The third kappa shape index (κ3) is 1.65. The van der Waals surface area contributed by atoms with Crippen LogP contribution in [0, 0.1) is 0 Å². The lowest BCUT2D eigenvalue weighted by Crippen LogP contribution is -1.77. The van der Waals surface area contributed by atoms with Crippen LogP contribution in [0.15, 0.2) is 18.2 Å². The van der Waals surface area contributed by atoms with Gasteiger partial charge in [0.15, 0.2) is 0 Å². The van der Waals surface area contributed by atoms with Gasteiger partial charge in [0.05, 0.1) is 6.61 Å². The number of thiophene rings is 1. The highest BCUT2D eigenvalue weighted by Crippen LogP contribution is 2.32. The molecule has 0 spiro atoms. The molecule has 74 valence electrons. The van der Waals surface area contributed by atoms with E-state index in [1.807, 2.05) is 12.1 Å². The van der Waals surface area contributed by atoms with E-state index in [1.54, 1.807) is 6.07 Å². The topological polar surface area (TPSA) is 40.5 Å². The molecule has 0 aliphatic carbocycles. The van der Waals surface area contributed by atoms with E-state index in [4.69, 9.17) is 5.11 Å². The molecular weight excluding hydrogens is 264 g/mol. The van der Waals surface area contributed by atoms with Crippen molar-refractivity contribution in [1.29, 1.82) is 0 Å². The Labute approximate surface area is 93.9 Å². The molecule has 14 heavy (non-hydrogen) atoms. The minimum atomic E-state index is 0.0593. The van der Waals surface area contributed by atoms with Gasteiger partial charge in [-0.1, -0.05) is 15.9 Å². The van der Waals surface area contributed by atoms with Gasteiger partial charge in [-0.25, -0.2) is 0 Å². The summed E-state index contributed by atoms with van der Waals surface area (Å²) in [6.07, 6.45) is 0. The van der Waals surface area contributed by atoms with Crippen LogP contribution in [0.4, 0.5) is 0 Å². The molecule has 4 heteroatoms. The number of aromatic hydroxyl groups is 1. The highest BCUT2D eigenvalue weighted by atomic mass is 79.9. The maximum atomic E-state index is 9.60. The van der Waals surface area contributed by atoms with Crippen molar-refractivity contribution in [1.82, 2.24) is 0 Å². The Morgan fingerprint density at radius 2 is 2.07 bits per heavy atom. The first-order chi connectivity index (χ1) is 6.74. The Bertz CT molecular complexity index is 464. The molecule has 0 saturated carbocycles. The SMILES string of the molecule is OCc1cc2cc(CBr)c(O)cc2s1. The molecule has 0 unspecified atom stereocenters. The lowest BCUT2D eigenvalue weighted by atomic mass is 10.1. The lowest BCUT2D eigenvalue weighted by Gasteiger charge is -1.99. The summed E-state index contributed by atoms with van der Waals surface area (Å²) in [4.78, 5) is 0.922. The number of hydrogen-bond acceptors (Lipinski definition) is 3. The number of halogens is 1. The van der Waals surface area contributed by atoms with E-state index in [-0.39, 0.29) is 6.61 Å². The number of rotatable bonds is 2. The molecule has 0 aliphatic heterocycles. The Morgan fingerprint density at radius 1 is 1.29 bits per heavy atom. The average molecular weight is 273 g/mol. The van der Waals surface area contributed by atoms with Crippen LogP contribution in [0.25, 0.3) is 10.1 Å². The Morgan fingerprint density at radius 3 is 2.71 bits per heavy atom. The Hall–Kier alpha value is -0.580. The van der Waals surface area contributed by atoms with Crippen molar-refractivity contribution < 1.29 is 10.2 Å². The van der Waals surface area contributed by atoms with Gasteiger partial charge < -0.3 is 10.2 Å². The summed E-state index contributed by atoms with van der Waals surface area (Å²) < 4.78 is 1.01. The van der Waals surface area contributed by atoms with E-state index in [1.165, 1.54) is 11.3 Å². The molecule has 0 aliphatic rings. The summed E-state index contributed by atoms with van der Waals surface area (Å²) in [5, 5.41) is 20.3. The first kappa shape index (κ1) is 9.96. The second-order valence-corrected chi connectivity index (χ2v) is 4.75. The largest absolute Gasteiger partial charge is 0.508 e. The van der Waals surface area contributed by atoms with E-state index in [9.17, 15) is 5.11 Å². The van der Waals surface area contributed by atoms with E-state index in [0.29, 0.717) is 11.1 Å². The molecular formula is C10H9BrO2S. The summed E-state index contributed by atoms with van der Waals surface area (Å²) in [5.74, 6) is 0.306. The predicted molar refractivity (Wildman–Crippen MR) is 62.0 cm³/mol. The second kappa shape index (κ2) is 3.88. The molecule has 0 atom stereocenters. The van der Waals surface area contributed by atoms with Crippen molar-refractivity contribution in [3.63, 3.8) is 0 Å². The Kier molecular flexibility index (Phi) is 2.76. The summed E-state index contributed by atoms with van der Waals surface area (Å²) >= 11 is 4.82. The molecule has 1 aromatic carbocycles. The normalized spacial score (nSPS) is 11.0. The van der Waals surface area contributed by atoms with Crippen LogP contribution < -0.4 is 0 Å². The summed E-state index contributed by atoms with van der Waals surface area (Å²) in [5.41, 5.74) is 0.875. The van der Waals surface area contributed by atoms with Gasteiger partial charge in [-0.15, -0.1) is 11.3 Å². The number of aliphatic hydroxyl groups is 1. The van der Waals surface area contributed by atoms with Crippen molar-refractivity contribution >= 4 is 37.4 Å². The number of benzene rings is 1. The monoisotopic (exact) mass is 272 g/mol. The standard InChI is InChI=1S/C10H9BrO2S/c11-4-7-1-6-2-8(5-12)14-10(6)3-9(7)13/h1-3,12-13H,4-5H2. The molecule has 2 N–H and O–H groups in total. The van der Waals surface area contributed by atoms with Gasteiger partial charge in [-0.2, -0.15) is 0 Å². The van der Waals surface area contributed by atoms with Gasteiger partial charge in [0.2, 0.25) is 0 Å². The van der Waals surface area contributed by atoms with Crippen LogP contribution in [0.1, 0.15) is 10.4 Å². The van der Waals surface area contributed by atoms with E-state index in [0.717, 1.165) is 20.5 Å². The molecule has 1 aromatic heterocycles. The van der Waals surface area contributed by atoms with Crippen LogP contribution in [-0.2, 0) is 11.9 Å². The van der Waals surface area contributed by atoms with Crippen LogP contribution in [-0.4, -0.2) is 10.2 Å². The third-order valence-electron chi connectivity index (χ3n) is 2.07.